The number of rotatable bonds is 7. The highest BCUT2D eigenvalue weighted by atomic mass is 79.9. The summed E-state index contributed by atoms with van der Waals surface area (Å²) in [5.41, 5.74) is 0. The van der Waals surface area contributed by atoms with Crippen LogP contribution in [0.4, 0.5) is 0 Å². The zero-order valence-corrected chi connectivity index (χ0v) is 13.0. The van der Waals surface area contributed by atoms with Crippen LogP contribution in [0.5, 0.6) is 5.75 Å². The van der Waals surface area contributed by atoms with Gasteiger partial charge in [-0.1, -0.05) is 19.1 Å². The van der Waals surface area contributed by atoms with Crippen molar-refractivity contribution >= 4 is 15.9 Å². The Balaban J connectivity index is 1.69. The van der Waals surface area contributed by atoms with Crippen LogP contribution in [0.1, 0.15) is 26.2 Å². The largest absolute Gasteiger partial charge is 0.490 e. The first kappa shape index (κ1) is 14.8. The summed E-state index contributed by atoms with van der Waals surface area (Å²) in [7, 11) is 0. The minimum Gasteiger partial charge on any atom is -0.490 e. The van der Waals surface area contributed by atoms with E-state index < -0.39 is 0 Å². The quantitative estimate of drug-likeness (QED) is 0.779. The molecule has 1 heterocycles. The molecule has 2 rings (SSSR count). The smallest absolute Gasteiger partial charge is 0.133 e. The fraction of sp³-hybridized carbons (Fsp3) is 0.600. The molecular formula is C15H22BrNO2. The van der Waals surface area contributed by atoms with Gasteiger partial charge in [-0.25, -0.2) is 0 Å². The van der Waals surface area contributed by atoms with E-state index in [4.69, 9.17) is 9.47 Å². The van der Waals surface area contributed by atoms with E-state index in [1.54, 1.807) is 0 Å². The molecule has 106 valence electrons. The van der Waals surface area contributed by atoms with Crippen LogP contribution in [0.25, 0.3) is 0 Å². The molecule has 3 nitrogen and oxygen atoms in total. The summed E-state index contributed by atoms with van der Waals surface area (Å²) >= 11 is 3.48. The molecule has 19 heavy (non-hydrogen) atoms. The molecule has 0 amide bonds. The summed E-state index contributed by atoms with van der Waals surface area (Å²) in [5, 5.41) is 3.41. The number of ether oxygens (including phenoxy) is 2. The summed E-state index contributed by atoms with van der Waals surface area (Å²) in [5.74, 6) is 0.888. The van der Waals surface area contributed by atoms with Crippen LogP contribution in [-0.4, -0.2) is 31.9 Å². The molecule has 0 aliphatic carbocycles. The first-order chi connectivity index (χ1) is 9.29. The summed E-state index contributed by atoms with van der Waals surface area (Å²) in [4.78, 5) is 0. The molecule has 1 aromatic rings. The molecule has 4 heteroatoms. The third-order valence-electron chi connectivity index (χ3n) is 3.26. The van der Waals surface area contributed by atoms with Gasteiger partial charge >= 0.3 is 0 Å². The van der Waals surface area contributed by atoms with Crippen molar-refractivity contribution in [3.05, 3.63) is 28.7 Å². The molecule has 1 aromatic carbocycles. The molecule has 1 N–H and O–H groups in total. The van der Waals surface area contributed by atoms with E-state index in [0.29, 0.717) is 12.7 Å². The highest BCUT2D eigenvalue weighted by molar-refractivity contribution is 9.10. The number of hydrogen-bond acceptors (Lipinski definition) is 3. The van der Waals surface area contributed by atoms with Crippen LogP contribution in [0, 0.1) is 0 Å². The molecule has 0 aromatic heterocycles. The van der Waals surface area contributed by atoms with Crippen molar-refractivity contribution in [1.29, 1.82) is 0 Å². The van der Waals surface area contributed by atoms with Gasteiger partial charge in [-0.15, -0.1) is 0 Å². The fourth-order valence-corrected chi connectivity index (χ4v) is 2.64. The van der Waals surface area contributed by atoms with Gasteiger partial charge in [-0.05, 0) is 53.9 Å². The van der Waals surface area contributed by atoms with Crippen molar-refractivity contribution in [2.45, 2.75) is 38.4 Å². The Kier molecular flexibility index (Phi) is 6.14. The van der Waals surface area contributed by atoms with Gasteiger partial charge < -0.3 is 14.8 Å². The van der Waals surface area contributed by atoms with Gasteiger partial charge in [0.2, 0.25) is 0 Å². The van der Waals surface area contributed by atoms with Crippen LogP contribution in [0.3, 0.4) is 0 Å². The molecule has 1 saturated heterocycles. The molecule has 2 unspecified atom stereocenters. The number of hydrogen-bond donors (Lipinski definition) is 1. The minimum atomic E-state index is 0.223. The lowest BCUT2D eigenvalue weighted by Gasteiger charge is -2.15. The second-order valence-electron chi connectivity index (χ2n) is 4.90. The predicted molar refractivity (Wildman–Crippen MR) is 80.7 cm³/mol. The lowest BCUT2D eigenvalue weighted by Crippen LogP contribution is -2.28. The summed E-state index contributed by atoms with van der Waals surface area (Å²) in [6.45, 7) is 4.83. The molecule has 0 saturated carbocycles. The van der Waals surface area contributed by atoms with Crippen LogP contribution in [0.2, 0.25) is 0 Å². The number of para-hydroxylation sites is 1. The first-order valence-corrected chi connectivity index (χ1v) is 7.82. The van der Waals surface area contributed by atoms with E-state index in [1.165, 1.54) is 6.42 Å². The third-order valence-corrected chi connectivity index (χ3v) is 3.91. The monoisotopic (exact) mass is 327 g/mol. The van der Waals surface area contributed by atoms with Gasteiger partial charge in [0.05, 0.1) is 16.7 Å². The third kappa shape index (κ3) is 4.79. The van der Waals surface area contributed by atoms with Crippen LogP contribution in [0.15, 0.2) is 28.7 Å². The van der Waals surface area contributed by atoms with E-state index in [1.807, 2.05) is 24.3 Å². The SMILES string of the molecule is CCCNCC1CCC(COc2ccccc2Br)O1. The van der Waals surface area contributed by atoms with E-state index in [9.17, 15) is 0 Å². The van der Waals surface area contributed by atoms with Crippen molar-refractivity contribution in [2.75, 3.05) is 19.7 Å². The highest BCUT2D eigenvalue weighted by Gasteiger charge is 2.25. The number of halogens is 1. The van der Waals surface area contributed by atoms with E-state index >= 15 is 0 Å². The fourth-order valence-electron chi connectivity index (χ4n) is 2.24. The predicted octanol–water partition coefficient (Wildman–Crippen LogP) is 3.38. The lowest BCUT2D eigenvalue weighted by molar-refractivity contribution is 0.0185. The lowest BCUT2D eigenvalue weighted by atomic mass is 10.2. The Morgan fingerprint density at radius 3 is 2.89 bits per heavy atom. The van der Waals surface area contributed by atoms with Crippen molar-refractivity contribution in [3.63, 3.8) is 0 Å². The van der Waals surface area contributed by atoms with Gasteiger partial charge in [0.1, 0.15) is 12.4 Å². The summed E-state index contributed by atoms with van der Waals surface area (Å²) in [6, 6.07) is 7.92. The minimum absolute atomic E-state index is 0.223. The van der Waals surface area contributed by atoms with E-state index in [0.717, 1.165) is 36.2 Å². The van der Waals surface area contributed by atoms with Gasteiger partial charge in [0.25, 0.3) is 0 Å². The van der Waals surface area contributed by atoms with Crippen molar-refractivity contribution in [2.24, 2.45) is 0 Å². The van der Waals surface area contributed by atoms with Gasteiger partial charge in [0, 0.05) is 6.54 Å². The maximum atomic E-state index is 5.97. The van der Waals surface area contributed by atoms with Gasteiger partial charge in [-0.3, -0.25) is 0 Å². The van der Waals surface area contributed by atoms with Crippen molar-refractivity contribution in [1.82, 2.24) is 5.32 Å². The molecule has 1 aliphatic rings. The molecule has 0 bridgehead atoms. The molecule has 0 radical (unpaired) electrons. The van der Waals surface area contributed by atoms with Crippen LogP contribution in [-0.2, 0) is 4.74 Å². The maximum absolute atomic E-state index is 5.97. The maximum Gasteiger partial charge on any atom is 0.133 e. The summed E-state index contributed by atoms with van der Waals surface area (Å²) in [6.07, 6.45) is 3.95. The molecule has 1 aliphatic heterocycles. The standard InChI is InChI=1S/C15H22BrNO2/c1-2-9-17-10-12-7-8-13(19-12)11-18-15-6-4-3-5-14(15)16/h3-6,12-13,17H,2,7-11H2,1H3. The average molecular weight is 328 g/mol. The Morgan fingerprint density at radius 1 is 1.32 bits per heavy atom. The highest BCUT2D eigenvalue weighted by Crippen LogP contribution is 2.26. The molecule has 1 fully saturated rings. The Labute approximate surface area is 123 Å². The number of nitrogens with one attached hydrogen (secondary N) is 1. The first-order valence-electron chi connectivity index (χ1n) is 7.03. The van der Waals surface area contributed by atoms with Gasteiger partial charge in [-0.2, -0.15) is 0 Å². The van der Waals surface area contributed by atoms with E-state index in [2.05, 4.69) is 28.2 Å². The van der Waals surface area contributed by atoms with Crippen molar-refractivity contribution < 1.29 is 9.47 Å². The Morgan fingerprint density at radius 2 is 2.11 bits per heavy atom. The Bertz CT molecular complexity index is 386. The number of benzene rings is 1. The van der Waals surface area contributed by atoms with Gasteiger partial charge in [0.15, 0.2) is 0 Å². The summed E-state index contributed by atoms with van der Waals surface area (Å²) < 4.78 is 12.8. The zero-order chi connectivity index (χ0) is 13.5. The second-order valence-corrected chi connectivity index (χ2v) is 5.76. The van der Waals surface area contributed by atoms with E-state index in [-0.39, 0.29) is 6.10 Å². The Hall–Kier alpha value is -0.580. The normalized spacial score (nSPS) is 22.6. The molecular weight excluding hydrogens is 306 g/mol. The molecule has 2 atom stereocenters. The average Bonchev–Trinajstić information content (AvgIpc) is 2.86. The van der Waals surface area contributed by atoms with Crippen molar-refractivity contribution in [3.8, 4) is 5.75 Å². The van der Waals surface area contributed by atoms with Crippen LogP contribution < -0.4 is 10.1 Å². The zero-order valence-electron chi connectivity index (χ0n) is 11.4. The topological polar surface area (TPSA) is 30.5 Å². The second kappa shape index (κ2) is 7.88. The molecule has 0 spiro atoms. The van der Waals surface area contributed by atoms with Crippen LogP contribution >= 0.6 is 15.9 Å².